The first kappa shape index (κ1) is 11.0. The molecule has 0 heterocycles. The lowest BCUT2D eigenvalue weighted by molar-refractivity contribution is 0.0331. The minimum atomic E-state index is -0.379. The van der Waals surface area contributed by atoms with Crippen LogP contribution in [-0.2, 0) is 0 Å². The van der Waals surface area contributed by atoms with Crippen LogP contribution in [0.25, 0.3) is 0 Å². The Morgan fingerprint density at radius 3 is 2.46 bits per heavy atom. The summed E-state index contributed by atoms with van der Waals surface area (Å²) in [6.07, 6.45) is 7.14. The molecule has 0 aromatic heterocycles. The predicted octanol–water partition coefficient (Wildman–Crippen LogP) is 3.36. The third-order valence-corrected chi connectivity index (χ3v) is 2.92. The molecule has 1 saturated carbocycles. The third-order valence-electron chi connectivity index (χ3n) is 2.92. The minimum Gasteiger partial charge on any atom is -0.390 e. The highest BCUT2D eigenvalue weighted by molar-refractivity contribution is 4.83. The van der Waals surface area contributed by atoms with E-state index in [2.05, 4.69) is 13.8 Å². The van der Waals surface area contributed by atoms with Gasteiger partial charge >= 0.3 is 0 Å². The fourth-order valence-corrected chi connectivity index (χ4v) is 1.94. The van der Waals surface area contributed by atoms with E-state index in [0.717, 1.165) is 24.7 Å². The summed E-state index contributed by atoms with van der Waals surface area (Å²) >= 11 is 0. The van der Waals surface area contributed by atoms with Crippen LogP contribution in [0, 0.1) is 11.8 Å². The van der Waals surface area contributed by atoms with E-state index in [4.69, 9.17) is 0 Å². The SMILES string of the molecule is CC(C)CCCC(C)(O)CC1CC1. The Hall–Kier alpha value is -0.0400. The molecule has 1 rings (SSSR count). The standard InChI is InChI=1S/C12H24O/c1-10(2)5-4-8-12(3,13)9-11-6-7-11/h10-11,13H,4-9H2,1-3H3. The smallest absolute Gasteiger partial charge is 0.0622 e. The summed E-state index contributed by atoms with van der Waals surface area (Å²) in [5.74, 6) is 1.62. The first-order valence-electron chi connectivity index (χ1n) is 5.72. The second kappa shape index (κ2) is 4.45. The Morgan fingerprint density at radius 1 is 1.38 bits per heavy atom. The molecular weight excluding hydrogens is 160 g/mol. The van der Waals surface area contributed by atoms with Gasteiger partial charge in [-0.3, -0.25) is 0 Å². The van der Waals surface area contributed by atoms with Crippen LogP contribution in [0.3, 0.4) is 0 Å². The second-order valence-corrected chi connectivity index (χ2v) is 5.43. The van der Waals surface area contributed by atoms with Crippen LogP contribution in [0.4, 0.5) is 0 Å². The highest BCUT2D eigenvalue weighted by Crippen LogP contribution is 2.38. The fraction of sp³-hybridized carbons (Fsp3) is 1.00. The number of hydrogen-bond acceptors (Lipinski definition) is 1. The van der Waals surface area contributed by atoms with Crippen LogP contribution in [-0.4, -0.2) is 10.7 Å². The van der Waals surface area contributed by atoms with Gasteiger partial charge in [0, 0.05) is 0 Å². The molecule has 0 radical (unpaired) electrons. The molecule has 1 nitrogen and oxygen atoms in total. The zero-order chi connectivity index (χ0) is 9.90. The van der Waals surface area contributed by atoms with Gasteiger partial charge in [0.05, 0.1) is 5.60 Å². The van der Waals surface area contributed by atoms with Crippen molar-refractivity contribution in [2.45, 2.75) is 64.9 Å². The van der Waals surface area contributed by atoms with Crippen LogP contribution in [0.5, 0.6) is 0 Å². The van der Waals surface area contributed by atoms with Gasteiger partial charge in [0.2, 0.25) is 0 Å². The monoisotopic (exact) mass is 184 g/mol. The van der Waals surface area contributed by atoms with E-state index in [9.17, 15) is 5.11 Å². The molecule has 78 valence electrons. The topological polar surface area (TPSA) is 20.2 Å². The van der Waals surface area contributed by atoms with E-state index in [-0.39, 0.29) is 5.60 Å². The van der Waals surface area contributed by atoms with Gasteiger partial charge in [-0.25, -0.2) is 0 Å². The first-order valence-corrected chi connectivity index (χ1v) is 5.72. The minimum absolute atomic E-state index is 0.379. The van der Waals surface area contributed by atoms with Crippen molar-refractivity contribution in [3.8, 4) is 0 Å². The van der Waals surface area contributed by atoms with E-state index in [0.29, 0.717) is 0 Å². The molecule has 1 aliphatic carbocycles. The Bertz CT molecular complexity index is 145. The third kappa shape index (κ3) is 5.30. The highest BCUT2D eigenvalue weighted by Gasteiger charge is 2.31. The average Bonchev–Trinajstić information content (AvgIpc) is 2.68. The largest absolute Gasteiger partial charge is 0.390 e. The molecule has 1 atom stereocenters. The van der Waals surface area contributed by atoms with Gasteiger partial charge in [-0.1, -0.05) is 39.5 Å². The molecule has 1 unspecified atom stereocenters. The summed E-state index contributed by atoms with van der Waals surface area (Å²) in [5.41, 5.74) is -0.379. The molecule has 1 fully saturated rings. The average molecular weight is 184 g/mol. The van der Waals surface area contributed by atoms with E-state index < -0.39 is 0 Å². The summed E-state index contributed by atoms with van der Waals surface area (Å²) in [7, 11) is 0. The fourth-order valence-electron chi connectivity index (χ4n) is 1.94. The molecule has 1 heteroatoms. The van der Waals surface area contributed by atoms with Crippen molar-refractivity contribution < 1.29 is 5.11 Å². The van der Waals surface area contributed by atoms with Crippen molar-refractivity contribution in [3.63, 3.8) is 0 Å². The Morgan fingerprint density at radius 2 is 2.00 bits per heavy atom. The molecule has 13 heavy (non-hydrogen) atoms. The lowest BCUT2D eigenvalue weighted by Gasteiger charge is -2.23. The number of rotatable bonds is 6. The van der Waals surface area contributed by atoms with Gasteiger partial charge < -0.3 is 5.11 Å². The van der Waals surface area contributed by atoms with Crippen molar-refractivity contribution in [1.82, 2.24) is 0 Å². The van der Waals surface area contributed by atoms with Gasteiger partial charge in [-0.2, -0.15) is 0 Å². The highest BCUT2D eigenvalue weighted by atomic mass is 16.3. The Balaban J connectivity index is 2.09. The Kier molecular flexibility index (Phi) is 3.78. The van der Waals surface area contributed by atoms with Crippen LogP contribution in [0.1, 0.15) is 59.3 Å². The predicted molar refractivity (Wildman–Crippen MR) is 56.7 cm³/mol. The number of hydrogen-bond donors (Lipinski definition) is 1. The zero-order valence-corrected chi connectivity index (χ0v) is 9.34. The summed E-state index contributed by atoms with van der Waals surface area (Å²) in [6.45, 7) is 6.50. The molecule has 0 bridgehead atoms. The second-order valence-electron chi connectivity index (χ2n) is 5.43. The maximum absolute atomic E-state index is 10.0. The molecule has 0 aromatic rings. The molecule has 0 amide bonds. The molecular formula is C12H24O. The summed E-state index contributed by atoms with van der Waals surface area (Å²) < 4.78 is 0. The quantitative estimate of drug-likeness (QED) is 0.671. The summed E-state index contributed by atoms with van der Waals surface area (Å²) in [6, 6.07) is 0. The summed E-state index contributed by atoms with van der Waals surface area (Å²) in [5, 5.41) is 10.0. The summed E-state index contributed by atoms with van der Waals surface area (Å²) in [4.78, 5) is 0. The Labute approximate surface area is 82.5 Å². The molecule has 0 spiro atoms. The molecule has 0 saturated heterocycles. The zero-order valence-electron chi connectivity index (χ0n) is 9.34. The van der Waals surface area contributed by atoms with Gasteiger partial charge in [0.1, 0.15) is 0 Å². The first-order chi connectivity index (χ1) is 5.99. The molecule has 0 aliphatic heterocycles. The van der Waals surface area contributed by atoms with Gasteiger partial charge in [0.15, 0.2) is 0 Å². The molecule has 1 aliphatic rings. The van der Waals surface area contributed by atoms with Crippen LogP contribution >= 0.6 is 0 Å². The maximum Gasteiger partial charge on any atom is 0.0622 e. The van der Waals surface area contributed by atoms with Crippen molar-refractivity contribution in [1.29, 1.82) is 0 Å². The maximum atomic E-state index is 10.0. The lowest BCUT2D eigenvalue weighted by Crippen LogP contribution is -2.24. The van der Waals surface area contributed by atoms with Crippen molar-refractivity contribution in [2.75, 3.05) is 0 Å². The van der Waals surface area contributed by atoms with Crippen LogP contribution in [0.15, 0.2) is 0 Å². The lowest BCUT2D eigenvalue weighted by atomic mass is 9.91. The van der Waals surface area contributed by atoms with E-state index in [1.54, 1.807) is 0 Å². The van der Waals surface area contributed by atoms with Crippen molar-refractivity contribution >= 4 is 0 Å². The van der Waals surface area contributed by atoms with E-state index in [1.807, 2.05) is 6.92 Å². The molecule has 0 aromatic carbocycles. The molecule has 1 N–H and O–H groups in total. The van der Waals surface area contributed by atoms with Crippen LogP contribution in [0.2, 0.25) is 0 Å². The van der Waals surface area contributed by atoms with E-state index >= 15 is 0 Å². The van der Waals surface area contributed by atoms with Crippen molar-refractivity contribution in [3.05, 3.63) is 0 Å². The van der Waals surface area contributed by atoms with Gasteiger partial charge in [-0.15, -0.1) is 0 Å². The van der Waals surface area contributed by atoms with Gasteiger partial charge in [0.25, 0.3) is 0 Å². The van der Waals surface area contributed by atoms with E-state index in [1.165, 1.54) is 25.7 Å². The number of aliphatic hydroxyl groups is 1. The van der Waals surface area contributed by atoms with Crippen molar-refractivity contribution in [2.24, 2.45) is 11.8 Å². The van der Waals surface area contributed by atoms with Crippen LogP contribution < -0.4 is 0 Å². The normalized spacial score (nSPS) is 21.9. The van der Waals surface area contributed by atoms with Gasteiger partial charge in [-0.05, 0) is 31.6 Å².